The lowest BCUT2D eigenvalue weighted by molar-refractivity contribution is -0.149. The van der Waals surface area contributed by atoms with Gasteiger partial charge in [0.25, 0.3) is 0 Å². The van der Waals surface area contributed by atoms with Gasteiger partial charge in [0, 0.05) is 19.2 Å². The summed E-state index contributed by atoms with van der Waals surface area (Å²) in [5.41, 5.74) is -0.500. The summed E-state index contributed by atoms with van der Waals surface area (Å²) in [5, 5.41) is 9.60. The largest absolute Gasteiger partial charge is 0.481 e. The molecular weight excluding hydrogens is 254 g/mol. The first kappa shape index (κ1) is 15.8. The molecule has 2 fully saturated rings. The van der Waals surface area contributed by atoms with E-state index in [-0.39, 0.29) is 0 Å². The van der Waals surface area contributed by atoms with Gasteiger partial charge in [-0.15, -0.1) is 0 Å². The van der Waals surface area contributed by atoms with E-state index in [1.165, 1.54) is 0 Å². The van der Waals surface area contributed by atoms with Gasteiger partial charge in [0.1, 0.15) is 0 Å². The van der Waals surface area contributed by atoms with Gasteiger partial charge in [-0.25, -0.2) is 0 Å². The Balaban J connectivity index is 1.99. The van der Waals surface area contributed by atoms with Crippen LogP contribution in [-0.2, 0) is 9.53 Å². The third-order valence-electron chi connectivity index (χ3n) is 5.11. The van der Waals surface area contributed by atoms with Crippen LogP contribution in [0, 0.1) is 11.3 Å². The normalized spacial score (nSPS) is 35.6. The Morgan fingerprint density at radius 1 is 1.50 bits per heavy atom. The topological polar surface area (TPSA) is 49.8 Å². The molecule has 0 aromatic heterocycles. The van der Waals surface area contributed by atoms with Crippen LogP contribution in [0.25, 0.3) is 0 Å². The van der Waals surface area contributed by atoms with Crippen LogP contribution in [0.2, 0.25) is 0 Å². The van der Waals surface area contributed by atoms with Crippen LogP contribution < -0.4 is 0 Å². The zero-order chi connectivity index (χ0) is 14.8. The highest BCUT2D eigenvalue weighted by Crippen LogP contribution is 2.38. The van der Waals surface area contributed by atoms with E-state index >= 15 is 0 Å². The highest BCUT2D eigenvalue weighted by molar-refractivity contribution is 5.75. The predicted molar refractivity (Wildman–Crippen MR) is 78.8 cm³/mol. The van der Waals surface area contributed by atoms with Crippen molar-refractivity contribution in [3.63, 3.8) is 0 Å². The fraction of sp³-hybridized carbons (Fsp3) is 0.938. The predicted octanol–water partition coefficient (Wildman–Crippen LogP) is 2.77. The van der Waals surface area contributed by atoms with E-state index in [1.807, 2.05) is 0 Å². The van der Waals surface area contributed by atoms with Crippen LogP contribution in [0.4, 0.5) is 0 Å². The van der Waals surface area contributed by atoms with Gasteiger partial charge in [-0.05, 0) is 38.1 Å². The van der Waals surface area contributed by atoms with Crippen molar-refractivity contribution >= 4 is 5.97 Å². The molecular formula is C16H29NO3. The zero-order valence-electron chi connectivity index (χ0n) is 13.1. The number of ether oxygens (including phenoxy) is 1. The highest BCUT2D eigenvalue weighted by Gasteiger charge is 2.46. The van der Waals surface area contributed by atoms with E-state index in [9.17, 15) is 9.90 Å². The molecule has 2 heterocycles. The first-order valence-corrected chi connectivity index (χ1v) is 8.07. The summed E-state index contributed by atoms with van der Waals surface area (Å²) in [6, 6.07) is 0.509. The zero-order valence-corrected chi connectivity index (χ0v) is 13.1. The number of rotatable bonds is 5. The first-order chi connectivity index (χ1) is 9.48. The molecule has 4 nitrogen and oxygen atoms in total. The molecule has 20 heavy (non-hydrogen) atoms. The molecule has 2 rings (SSSR count). The van der Waals surface area contributed by atoms with Gasteiger partial charge in [0.05, 0.1) is 11.5 Å². The van der Waals surface area contributed by atoms with Crippen molar-refractivity contribution in [2.45, 2.75) is 65.0 Å². The Kier molecular flexibility index (Phi) is 5.08. The van der Waals surface area contributed by atoms with Gasteiger partial charge in [-0.3, -0.25) is 9.69 Å². The minimum Gasteiger partial charge on any atom is -0.481 e. The maximum Gasteiger partial charge on any atom is 0.310 e. The third-order valence-corrected chi connectivity index (χ3v) is 5.11. The van der Waals surface area contributed by atoms with Crippen LogP contribution >= 0.6 is 0 Å². The quantitative estimate of drug-likeness (QED) is 0.843. The van der Waals surface area contributed by atoms with Crippen LogP contribution in [0.1, 0.15) is 52.9 Å². The van der Waals surface area contributed by atoms with Crippen molar-refractivity contribution < 1.29 is 14.6 Å². The molecule has 0 aliphatic carbocycles. The van der Waals surface area contributed by atoms with Crippen LogP contribution in [0.5, 0.6) is 0 Å². The lowest BCUT2D eigenvalue weighted by atomic mass is 9.82. The van der Waals surface area contributed by atoms with Gasteiger partial charge >= 0.3 is 5.97 Å². The minimum atomic E-state index is -0.602. The maximum atomic E-state index is 11.7. The molecule has 2 aliphatic rings. The van der Waals surface area contributed by atoms with E-state index in [4.69, 9.17) is 4.74 Å². The van der Waals surface area contributed by atoms with Crippen molar-refractivity contribution in [2.75, 3.05) is 19.7 Å². The second-order valence-corrected chi connectivity index (χ2v) is 6.89. The van der Waals surface area contributed by atoms with E-state index in [2.05, 4.69) is 25.7 Å². The fourth-order valence-corrected chi connectivity index (χ4v) is 3.79. The summed E-state index contributed by atoms with van der Waals surface area (Å²) in [7, 11) is 0. The molecule has 2 saturated heterocycles. The lowest BCUT2D eigenvalue weighted by Gasteiger charge is -2.37. The number of hydrogen-bond acceptors (Lipinski definition) is 3. The fourth-order valence-electron chi connectivity index (χ4n) is 3.79. The van der Waals surface area contributed by atoms with Crippen LogP contribution in [0.15, 0.2) is 0 Å². The van der Waals surface area contributed by atoms with E-state index in [0.29, 0.717) is 18.1 Å². The molecule has 1 N–H and O–H groups in total. The summed E-state index contributed by atoms with van der Waals surface area (Å²) in [6.07, 6.45) is 4.99. The van der Waals surface area contributed by atoms with Crippen molar-refractivity contribution in [2.24, 2.45) is 11.3 Å². The van der Waals surface area contributed by atoms with E-state index in [0.717, 1.165) is 51.8 Å². The Labute approximate surface area is 122 Å². The van der Waals surface area contributed by atoms with Gasteiger partial charge in [-0.2, -0.15) is 0 Å². The Morgan fingerprint density at radius 3 is 2.85 bits per heavy atom. The smallest absolute Gasteiger partial charge is 0.310 e. The summed E-state index contributed by atoms with van der Waals surface area (Å²) < 4.78 is 5.83. The average molecular weight is 283 g/mol. The molecule has 0 aromatic rings. The van der Waals surface area contributed by atoms with E-state index < -0.39 is 11.4 Å². The molecule has 0 bridgehead atoms. The summed E-state index contributed by atoms with van der Waals surface area (Å²) in [4.78, 5) is 14.1. The summed E-state index contributed by atoms with van der Waals surface area (Å²) in [6.45, 7) is 8.97. The second-order valence-electron chi connectivity index (χ2n) is 6.89. The van der Waals surface area contributed by atoms with Gasteiger partial charge < -0.3 is 9.84 Å². The Bertz CT molecular complexity index is 345. The molecule has 0 saturated carbocycles. The second kappa shape index (κ2) is 6.44. The van der Waals surface area contributed by atoms with Crippen LogP contribution in [-0.4, -0.2) is 47.8 Å². The maximum absolute atomic E-state index is 11.7. The Morgan fingerprint density at radius 2 is 2.25 bits per heavy atom. The minimum absolute atomic E-state index is 0.333. The summed E-state index contributed by atoms with van der Waals surface area (Å²) in [5.74, 6) is -0.0606. The van der Waals surface area contributed by atoms with Crippen molar-refractivity contribution in [3.05, 3.63) is 0 Å². The van der Waals surface area contributed by atoms with Gasteiger partial charge in [0.15, 0.2) is 0 Å². The third kappa shape index (κ3) is 3.17. The molecule has 0 aromatic carbocycles. The molecule has 3 atom stereocenters. The van der Waals surface area contributed by atoms with Gasteiger partial charge in [0.2, 0.25) is 0 Å². The first-order valence-electron chi connectivity index (χ1n) is 8.07. The molecule has 0 radical (unpaired) electrons. The van der Waals surface area contributed by atoms with E-state index in [1.54, 1.807) is 0 Å². The highest BCUT2D eigenvalue weighted by atomic mass is 16.5. The molecule has 0 amide bonds. The lowest BCUT2D eigenvalue weighted by Crippen LogP contribution is -2.44. The number of carboxylic acid groups (broad SMARTS) is 1. The molecule has 4 heteroatoms. The van der Waals surface area contributed by atoms with Gasteiger partial charge in [-0.1, -0.05) is 27.2 Å². The number of carboxylic acids is 1. The van der Waals surface area contributed by atoms with Crippen LogP contribution in [0.3, 0.4) is 0 Å². The van der Waals surface area contributed by atoms with Crippen molar-refractivity contribution in [3.8, 4) is 0 Å². The monoisotopic (exact) mass is 283 g/mol. The summed E-state index contributed by atoms with van der Waals surface area (Å²) >= 11 is 0. The average Bonchev–Trinajstić information content (AvgIpc) is 2.85. The SMILES string of the molecule is CCCC1(C(=O)O)CCN(C2CCOC(C(C)C)C2)C1. The molecule has 2 aliphatic heterocycles. The number of likely N-dealkylation sites (tertiary alicyclic amines) is 1. The van der Waals surface area contributed by atoms with Crippen molar-refractivity contribution in [1.29, 1.82) is 0 Å². The molecule has 116 valence electrons. The van der Waals surface area contributed by atoms with Crippen molar-refractivity contribution in [1.82, 2.24) is 4.90 Å². The number of carbonyl (C=O) groups is 1. The Hall–Kier alpha value is -0.610. The number of hydrogen-bond donors (Lipinski definition) is 1. The number of nitrogens with zero attached hydrogens (tertiary/aromatic N) is 1. The number of aliphatic carboxylic acids is 1. The molecule has 3 unspecified atom stereocenters. The molecule has 0 spiro atoms. The standard InChI is InChI=1S/C16H29NO3/c1-4-6-16(15(18)19)7-8-17(11-16)13-5-9-20-14(10-13)12(2)3/h12-14H,4-11H2,1-3H3,(H,18,19).